The number of benzene rings is 1. The fourth-order valence-corrected chi connectivity index (χ4v) is 3.22. The predicted octanol–water partition coefficient (Wildman–Crippen LogP) is 2.31. The first-order valence-corrected chi connectivity index (χ1v) is 8.82. The predicted molar refractivity (Wildman–Crippen MR) is 84.4 cm³/mol. The largest absolute Gasteiger partial charge is 0.494 e. The summed E-state index contributed by atoms with van der Waals surface area (Å²) < 4.78 is 50.1. The summed E-state index contributed by atoms with van der Waals surface area (Å²) in [6.45, 7) is 10.7. The van der Waals surface area contributed by atoms with Crippen molar-refractivity contribution in [2.75, 3.05) is 0 Å². The van der Waals surface area contributed by atoms with Crippen molar-refractivity contribution in [3.05, 3.63) is 24.0 Å². The highest BCUT2D eigenvalue weighted by Gasteiger charge is 2.51. The molecule has 1 aromatic rings. The second-order valence-electron chi connectivity index (χ2n) is 6.87. The van der Waals surface area contributed by atoms with Crippen molar-refractivity contribution in [2.45, 2.75) is 62.9 Å². The van der Waals surface area contributed by atoms with Gasteiger partial charge in [0.1, 0.15) is 10.7 Å². The zero-order chi connectivity index (χ0) is 16.9. The van der Waals surface area contributed by atoms with Gasteiger partial charge < -0.3 is 9.31 Å². The van der Waals surface area contributed by atoms with Gasteiger partial charge in [0.25, 0.3) is 0 Å². The Kier molecular flexibility index (Phi) is 4.22. The molecule has 1 aromatic carbocycles. The molecule has 0 N–H and O–H groups in total. The SMILES string of the molecule is CC(C)S(=O)(=O)c1ccc(B2OC(C)(C)C(C)(C)O2)cc1F. The molecule has 22 heavy (non-hydrogen) atoms. The molecule has 0 amide bonds. The average molecular weight is 328 g/mol. The van der Waals surface area contributed by atoms with Crippen molar-refractivity contribution in [1.29, 1.82) is 0 Å². The minimum Gasteiger partial charge on any atom is -0.399 e. The maximum absolute atomic E-state index is 14.3. The lowest BCUT2D eigenvalue weighted by atomic mass is 9.79. The Morgan fingerprint density at radius 3 is 2.00 bits per heavy atom. The maximum atomic E-state index is 14.3. The Balaban J connectivity index is 2.37. The average Bonchev–Trinajstić information content (AvgIpc) is 2.57. The third-order valence-corrected chi connectivity index (χ3v) is 6.59. The van der Waals surface area contributed by atoms with E-state index in [0.717, 1.165) is 0 Å². The lowest BCUT2D eigenvalue weighted by Gasteiger charge is -2.32. The molecule has 4 nitrogen and oxygen atoms in total. The van der Waals surface area contributed by atoms with Crippen LogP contribution in [0.15, 0.2) is 23.1 Å². The molecule has 0 unspecified atom stereocenters. The number of hydrogen-bond donors (Lipinski definition) is 0. The Labute approximate surface area is 132 Å². The van der Waals surface area contributed by atoms with Crippen molar-refractivity contribution < 1.29 is 22.1 Å². The first kappa shape index (κ1) is 17.4. The third kappa shape index (κ3) is 2.82. The monoisotopic (exact) mass is 328 g/mol. The van der Waals surface area contributed by atoms with Crippen LogP contribution in [0.5, 0.6) is 0 Å². The van der Waals surface area contributed by atoms with Crippen molar-refractivity contribution >= 4 is 22.4 Å². The summed E-state index contributed by atoms with van der Waals surface area (Å²) in [5.41, 5.74) is -0.591. The summed E-state index contributed by atoms with van der Waals surface area (Å²) in [5, 5.41) is -0.676. The van der Waals surface area contributed by atoms with Gasteiger partial charge in [-0.3, -0.25) is 0 Å². The molecule has 0 saturated carbocycles. The summed E-state index contributed by atoms with van der Waals surface area (Å²) in [6.07, 6.45) is 0. The summed E-state index contributed by atoms with van der Waals surface area (Å²) in [4.78, 5) is -0.289. The quantitative estimate of drug-likeness (QED) is 0.799. The van der Waals surface area contributed by atoms with Gasteiger partial charge >= 0.3 is 7.12 Å². The van der Waals surface area contributed by atoms with Crippen molar-refractivity contribution in [3.63, 3.8) is 0 Å². The van der Waals surface area contributed by atoms with Gasteiger partial charge in [-0.2, -0.15) is 0 Å². The first-order valence-electron chi connectivity index (χ1n) is 7.27. The fourth-order valence-electron chi connectivity index (χ4n) is 2.13. The molecule has 0 aliphatic carbocycles. The molecule has 122 valence electrons. The normalized spacial score (nSPS) is 20.6. The van der Waals surface area contributed by atoms with E-state index in [2.05, 4.69) is 0 Å². The van der Waals surface area contributed by atoms with Crippen LogP contribution in [-0.4, -0.2) is 32.0 Å². The standard InChI is InChI=1S/C15H22BFO4S/c1-10(2)22(18,19)13-8-7-11(9-12(13)17)16-20-14(3,4)15(5,6)21-16/h7-10H,1-6H3. The van der Waals surface area contributed by atoms with Gasteiger partial charge in [0, 0.05) is 0 Å². The van der Waals surface area contributed by atoms with Gasteiger partial charge in [-0.05, 0) is 59.1 Å². The Hall–Kier alpha value is -0.915. The van der Waals surface area contributed by atoms with E-state index < -0.39 is 39.2 Å². The highest BCUT2D eigenvalue weighted by atomic mass is 32.2. The van der Waals surface area contributed by atoms with E-state index >= 15 is 0 Å². The van der Waals surface area contributed by atoms with Crippen molar-refractivity contribution in [2.24, 2.45) is 0 Å². The van der Waals surface area contributed by atoms with Crippen LogP contribution in [0, 0.1) is 5.82 Å². The molecule has 1 fully saturated rings. The van der Waals surface area contributed by atoms with Crippen LogP contribution in [-0.2, 0) is 19.1 Å². The van der Waals surface area contributed by atoms with Crippen LogP contribution in [0.25, 0.3) is 0 Å². The minimum absolute atomic E-state index is 0.289. The highest BCUT2D eigenvalue weighted by molar-refractivity contribution is 7.92. The highest BCUT2D eigenvalue weighted by Crippen LogP contribution is 2.36. The second kappa shape index (κ2) is 5.32. The second-order valence-corrected chi connectivity index (χ2v) is 9.34. The zero-order valence-corrected chi connectivity index (χ0v) is 14.6. The lowest BCUT2D eigenvalue weighted by molar-refractivity contribution is 0.00578. The Bertz CT molecular complexity index is 667. The molecule has 1 saturated heterocycles. The fraction of sp³-hybridized carbons (Fsp3) is 0.600. The summed E-state index contributed by atoms with van der Waals surface area (Å²) >= 11 is 0. The zero-order valence-electron chi connectivity index (χ0n) is 13.8. The molecule has 1 aliphatic heterocycles. The van der Waals surface area contributed by atoms with Crippen LogP contribution >= 0.6 is 0 Å². The summed E-state index contributed by atoms with van der Waals surface area (Å²) in [5.74, 6) is -0.777. The van der Waals surface area contributed by atoms with Crippen LogP contribution in [0.4, 0.5) is 4.39 Å². The molecule has 1 heterocycles. The molecule has 2 rings (SSSR count). The van der Waals surface area contributed by atoms with E-state index in [9.17, 15) is 12.8 Å². The van der Waals surface area contributed by atoms with Crippen LogP contribution in [0.2, 0.25) is 0 Å². The van der Waals surface area contributed by atoms with Crippen LogP contribution < -0.4 is 5.46 Å². The van der Waals surface area contributed by atoms with Gasteiger partial charge in [0.05, 0.1) is 16.5 Å². The van der Waals surface area contributed by atoms with Crippen LogP contribution in [0.1, 0.15) is 41.5 Å². The first-order chi connectivity index (χ1) is 9.88. The summed E-state index contributed by atoms with van der Waals surface area (Å²) in [6, 6.07) is 4.00. The van der Waals surface area contributed by atoms with Gasteiger partial charge in [-0.1, -0.05) is 6.07 Å². The van der Waals surface area contributed by atoms with E-state index in [-0.39, 0.29) is 4.90 Å². The van der Waals surface area contributed by atoms with Crippen LogP contribution in [0.3, 0.4) is 0 Å². The van der Waals surface area contributed by atoms with Crippen molar-refractivity contribution in [3.8, 4) is 0 Å². The molecule has 7 heteroatoms. The van der Waals surface area contributed by atoms with E-state index in [1.165, 1.54) is 26.0 Å². The molecule has 0 bridgehead atoms. The molecule has 0 spiro atoms. The molecule has 1 aliphatic rings. The molecule has 0 atom stereocenters. The summed E-state index contributed by atoms with van der Waals surface area (Å²) in [7, 11) is -4.36. The van der Waals surface area contributed by atoms with Crippen molar-refractivity contribution in [1.82, 2.24) is 0 Å². The van der Waals surface area contributed by atoms with Gasteiger partial charge in [0.15, 0.2) is 9.84 Å². The Morgan fingerprint density at radius 2 is 1.59 bits per heavy atom. The number of rotatable bonds is 3. The van der Waals surface area contributed by atoms with E-state index in [1.807, 2.05) is 27.7 Å². The van der Waals surface area contributed by atoms with E-state index in [1.54, 1.807) is 6.07 Å². The number of sulfone groups is 1. The molecular weight excluding hydrogens is 306 g/mol. The number of hydrogen-bond acceptors (Lipinski definition) is 4. The maximum Gasteiger partial charge on any atom is 0.494 e. The third-order valence-electron chi connectivity index (χ3n) is 4.41. The Morgan fingerprint density at radius 1 is 1.09 bits per heavy atom. The minimum atomic E-state index is -3.65. The van der Waals surface area contributed by atoms with Gasteiger partial charge in [-0.25, -0.2) is 12.8 Å². The topological polar surface area (TPSA) is 52.6 Å². The smallest absolute Gasteiger partial charge is 0.399 e. The number of halogens is 1. The molecular formula is C15H22BFO4S. The van der Waals surface area contributed by atoms with E-state index in [0.29, 0.717) is 5.46 Å². The van der Waals surface area contributed by atoms with Gasteiger partial charge in [0.2, 0.25) is 0 Å². The molecule has 0 radical (unpaired) electrons. The van der Waals surface area contributed by atoms with Gasteiger partial charge in [-0.15, -0.1) is 0 Å². The van der Waals surface area contributed by atoms with E-state index in [4.69, 9.17) is 9.31 Å². The molecule has 0 aromatic heterocycles. The lowest BCUT2D eigenvalue weighted by Crippen LogP contribution is -2.41.